The van der Waals surface area contributed by atoms with Gasteiger partial charge in [-0.05, 0) is 57.8 Å². The predicted octanol–water partition coefficient (Wildman–Crippen LogP) is 15.5. The van der Waals surface area contributed by atoms with Gasteiger partial charge in [0.15, 0.2) is 6.10 Å². The molecule has 0 fully saturated rings. The average Bonchev–Trinajstić information content (AvgIpc) is 3.22. The smallest absolute Gasteiger partial charge is 0.306 e. The van der Waals surface area contributed by atoms with E-state index in [2.05, 4.69) is 39.0 Å². The van der Waals surface area contributed by atoms with Crippen LogP contribution in [0, 0.1) is 0 Å². The summed E-state index contributed by atoms with van der Waals surface area (Å²) in [4.78, 5) is 37.8. The Hall–Kier alpha value is -3.15. The molecule has 0 aromatic carbocycles. The minimum atomic E-state index is -0.815. The normalized spacial score (nSPS) is 12.7. The Bertz CT molecular complexity index is 1110. The van der Waals surface area contributed by atoms with Crippen LogP contribution in [-0.4, -0.2) is 37.2 Å². The Morgan fingerprint density at radius 1 is 0.362 bits per heavy atom. The first-order valence-electron chi connectivity index (χ1n) is 24.0. The van der Waals surface area contributed by atoms with Gasteiger partial charge in [0.2, 0.25) is 0 Å². The Labute approximate surface area is 357 Å². The maximum absolute atomic E-state index is 12.7. The van der Waals surface area contributed by atoms with Crippen molar-refractivity contribution in [3.63, 3.8) is 0 Å². The van der Waals surface area contributed by atoms with E-state index in [4.69, 9.17) is 14.2 Å². The van der Waals surface area contributed by atoms with Crippen LogP contribution in [0.2, 0.25) is 0 Å². The minimum absolute atomic E-state index is 0.107. The molecule has 0 amide bonds. The summed E-state index contributed by atoms with van der Waals surface area (Å²) in [6.07, 6.45) is 57.5. The lowest BCUT2D eigenvalue weighted by atomic mass is 10.0. The van der Waals surface area contributed by atoms with E-state index in [9.17, 15) is 14.4 Å². The molecule has 0 aliphatic heterocycles. The summed E-state index contributed by atoms with van der Waals surface area (Å²) in [6, 6.07) is 0. The number of hydrogen-bond donors (Lipinski definition) is 0. The van der Waals surface area contributed by atoms with Crippen molar-refractivity contribution in [3.8, 4) is 0 Å². The quantitative estimate of drug-likeness (QED) is 0.0201. The molecule has 0 aromatic rings. The van der Waals surface area contributed by atoms with Gasteiger partial charge in [-0.1, -0.05) is 216 Å². The van der Waals surface area contributed by atoms with E-state index in [0.717, 1.165) is 64.2 Å². The van der Waals surface area contributed by atoms with E-state index in [1.54, 1.807) is 0 Å². The number of ether oxygens (including phenoxy) is 3. The molecule has 0 radical (unpaired) electrons. The third-order valence-electron chi connectivity index (χ3n) is 10.1. The van der Waals surface area contributed by atoms with Crippen LogP contribution in [0.15, 0.2) is 72.9 Å². The molecular formula is C52H88O6. The van der Waals surface area contributed by atoms with Crippen LogP contribution >= 0.6 is 0 Å². The molecule has 0 aromatic heterocycles. The summed E-state index contributed by atoms with van der Waals surface area (Å²) in [5.41, 5.74) is 0. The highest BCUT2D eigenvalue weighted by Crippen LogP contribution is 2.14. The monoisotopic (exact) mass is 809 g/mol. The average molecular weight is 809 g/mol. The largest absolute Gasteiger partial charge is 0.462 e. The molecule has 0 saturated heterocycles. The highest BCUT2D eigenvalue weighted by Gasteiger charge is 2.19. The Kier molecular flexibility index (Phi) is 44.0. The molecule has 0 saturated carbocycles. The van der Waals surface area contributed by atoms with Crippen LogP contribution < -0.4 is 0 Å². The molecule has 0 N–H and O–H groups in total. The molecule has 58 heavy (non-hydrogen) atoms. The van der Waals surface area contributed by atoms with Gasteiger partial charge in [0.05, 0.1) is 0 Å². The first-order valence-corrected chi connectivity index (χ1v) is 24.0. The van der Waals surface area contributed by atoms with E-state index in [-0.39, 0.29) is 37.5 Å². The van der Waals surface area contributed by atoms with Crippen LogP contribution in [0.4, 0.5) is 0 Å². The molecule has 0 aliphatic carbocycles. The third kappa shape index (κ3) is 44.0. The molecule has 0 rings (SSSR count). The van der Waals surface area contributed by atoms with Gasteiger partial charge in [-0.25, -0.2) is 0 Å². The van der Waals surface area contributed by atoms with E-state index >= 15 is 0 Å². The van der Waals surface area contributed by atoms with Crippen LogP contribution in [0.1, 0.15) is 220 Å². The molecule has 332 valence electrons. The summed E-state index contributed by atoms with van der Waals surface area (Å²) in [7, 11) is 0. The van der Waals surface area contributed by atoms with Crippen molar-refractivity contribution in [3.05, 3.63) is 72.9 Å². The van der Waals surface area contributed by atoms with E-state index in [0.29, 0.717) is 19.3 Å². The van der Waals surface area contributed by atoms with Crippen molar-refractivity contribution < 1.29 is 28.6 Å². The van der Waals surface area contributed by atoms with E-state index < -0.39 is 6.10 Å². The first kappa shape index (κ1) is 54.9. The number of esters is 3. The van der Waals surface area contributed by atoms with Crippen molar-refractivity contribution in [1.82, 2.24) is 0 Å². The Morgan fingerprint density at radius 3 is 1.16 bits per heavy atom. The number of unbranched alkanes of at least 4 members (excludes halogenated alkanes) is 23. The van der Waals surface area contributed by atoms with Gasteiger partial charge >= 0.3 is 17.9 Å². The maximum atomic E-state index is 12.7. The van der Waals surface area contributed by atoms with Crippen LogP contribution in [0.5, 0.6) is 0 Å². The second-order valence-corrected chi connectivity index (χ2v) is 15.8. The molecule has 0 spiro atoms. The maximum Gasteiger partial charge on any atom is 0.306 e. The summed E-state index contributed by atoms with van der Waals surface area (Å²) in [5, 5.41) is 0. The van der Waals surface area contributed by atoms with Crippen LogP contribution in [-0.2, 0) is 28.6 Å². The summed E-state index contributed by atoms with van der Waals surface area (Å²) in [6.45, 7) is 6.40. The minimum Gasteiger partial charge on any atom is -0.462 e. The predicted molar refractivity (Wildman–Crippen MR) is 247 cm³/mol. The second kappa shape index (κ2) is 46.5. The highest BCUT2D eigenvalue weighted by molar-refractivity contribution is 5.71. The van der Waals surface area contributed by atoms with E-state index in [1.165, 1.54) is 109 Å². The zero-order valence-electron chi connectivity index (χ0n) is 37.8. The van der Waals surface area contributed by atoms with Crippen LogP contribution in [0.25, 0.3) is 0 Å². The number of hydrogen-bond acceptors (Lipinski definition) is 6. The fraction of sp³-hybridized carbons (Fsp3) is 0.712. The molecular weight excluding hydrogens is 721 g/mol. The van der Waals surface area contributed by atoms with Gasteiger partial charge in [-0.15, -0.1) is 0 Å². The van der Waals surface area contributed by atoms with Gasteiger partial charge in [0.25, 0.3) is 0 Å². The molecule has 6 nitrogen and oxygen atoms in total. The number of carbonyl (C=O) groups excluding carboxylic acids is 3. The number of carbonyl (C=O) groups is 3. The van der Waals surface area contributed by atoms with Crippen molar-refractivity contribution in [2.75, 3.05) is 13.2 Å². The topological polar surface area (TPSA) is 78.9 Å². The summed E-state index contributed by atoms with van der Waals surface area (Å²) in [5.74, 6) is -1.00. The third-order valence-corrected chi connectivity index (χ3v) is 10.1. The fourth-order valence-corrected chi connectivity index (χ4v) is 6.47. The van der Waals surface area contributed by atoms with Gasteiger partial charge in [-0.3, -0.25) is 14.4 Å². The molecule has 1 unspecified atom stereocenters. The molecule has 0 bridgehead atoms. The zero-order valence-corrected chi connectivity index (χ0v) is 37.8. The SMILES string of the molecule is CC/C=C/C=C/C=C/C=C/C=C/CCCC(=O)OC(COC(=O)CCCCC/C=C/CCCCCCCCC)COC(=O)CCCCCCCCCCCCCCC. The first-order chi connectivity index (χ1) is 28.5. The molecule has 6 heteroatoms. The van der Waals surface area contributed by atoms with Crippen molar-refractivity contribution >= 4 is 17.9 Å². The Morgan fingerprint density at radius 2 is 0.707 bits per heavy atom. The standard InChI is InChI=1S/C52H88O6/c1-4-7-10-13-16-19-22-25-28-30-33-36-39-42-45-51(54)57-48-49(58-52(55)46-43-40-37-34-31-27-24-21-18-15-12-9-6-3)47-56-50(53)44-41-38-35-32-29-26-23-20-17-14-11-8-5-2/h9,12,15,18,21,24,27-28,30-31,34,37,49H,4-8,10-11,13-14,16-17,19-20,22-23,25-26,29,32-33,35-36,38-48H2,1-3H3/b12-9+,18-15+,24-21+,30-28+,31-27+,37-34+. The number of allylic oxidation sites excluding steroid dienone is 12. The zero-order chi connectivity index (χ0) is 42.3. The Balaban J connectivity index is 4.50. The van der Waals surface area contributed by atoms with Crippen LogP contribution in [0.3, 0.4) is 0 Å². The van der Waals surface area contributed by atoms with Gasteiger partial charge in [-0.2, -0.15) is 0 Å². The van der Waals surface area contributed by atoms with Crippen molar-refractivity contribution in [2.45, 2.75) is 226 Å². The second-order valence-electron chi connectivity index (χ2n) is 15.8. The lowest BCUT2D eigenvalue weighted by Crippen LogP contribution is -2.30. The summed E-state index contributed by atoms with van der Waals surface area (Å²) >= 11 is 0. The van der Waals surface area contributed by atoms with E-state index in [1.807, 2.05) is 54.7 Å². The highest BCUT2D eigenvalue weighted by atomic mass is 16.6. The summed E-state index contributed by atoms with van der Waals surface area (Å²) < 4.78 is 16.7. The van der Waals surface area contributed by atoms with Gasteiger partial charge in [0, 0.05) is 19.3 Å². The van der Waals surface area contributed by atoms with Gasteiger partial charge in [0.1, 0.15) is 13.2 Å². The van der Waals surface area contributed by atoms with Gasteiger partial charge < -0.3 is 14.2 Å². The molecule has 0 heterocycles. The fourth-order valence-electron chi connectivity index (χ4n) is 6.47. The number of rotatable bonds is 42. The lowest BCUT2D eigenvalue weighted by Gasteiger charge is -2.18. The van der Waals surface area contributed by atoms with Crippen molar-refractivity contribution in [1.29, 1.82) is 0 Å². The van der Waals surface area contributed by atoms with Crippen molar-refractivity contribution in [2.24, 2.45) is 0 Å². The lowest BCUT2D eigenvalue weighted by molar-refractivity contribution is -0.167. The molecule has 1 atom stereocenters. The molecule has 0 aliphatic rings.